The largest absolute Gasteiger partial charge is 0.469 e. The first-order valence-corrected chi connectivity index (χ1v) is 6.73. The maximum atomic E-state index is 12.2. The fraction of sp³-hybridized carbons (Fsp3) is 0.583. The predicted molar refractivity (Wildman–Crippen MR) is 69.5 cm³/mol. The van der Waals surface area contributed by atoms with Gasteiger partial charge >= 0.3 is 5.97 Å². The van der Waals surface area contributed by atoms with E-state index in [-0.39, 0.29) is 18.3 Å². The standard InChI is InChI=1S/C12H18N2O3S/c1-9(2)6-14(5-4-11(15)17-3)12(16)10-7-18-8-13-10/h7-9H,4-6H2,1-3H3. The molecule has 0 spiro atoms. The number of carbonyl (C=O) groups is 2. The smallest absolute Gasteiger partial charge is 0.307 e. The number of thiazole rings is 1. The number of hydrogen-bond donors (Lipinski definition) is 0. The molecule has 1 aromatic rings. The monoisotopic (exact) mass is 270 g/mol. The molecule has 0 fully saturated rings. The molecule has 1 aromatic heterocycles. The van der Waals surface area contributed by atoms with Gasteiger partial charge in [0.1, 0.15) is 5.69 Å². The molecule has 1 rings (SSSR count). The average Bonchev–Trinajstić information content (AvgIpc) is 2.86. The first-order valence-electron chi connectivity index (χ1n) is 5.79. The van der Waals surface area contributed by atoms with E-state index < -0.39 is 0 Å². The van der Waals surface area contributed by atoms with Gasteiger partial charge in [-0.1, -0.05) is 13.8 Å². The Bertz CT molecular complexity index is 390. The highest BCUT2D eigenvalue weighted by Crippen LogP contribution is 2.09. The summed E-state index contributed by atoms with van der Waals surface area (Å²) >= 11 is 1.38. The number of hydrogen-bond acceptors (Lipinski definition) is 5. The molecule has 5 nitrogen and oxygen atoms in total. The quantitative estimate of drug-likeness (QED) is 0.740. The van der Waals surface area contributed by atoms with E-state index in [0.29, 0.717) is 24.7 Å². The molecule has 0 aliphatic heterocycles. The van der Waals surface area contributed by atoms with Crippen LogP contribution < -0.4 is 0 Å². The molecule has 100 valence electrons. The molecule has 1 amide bonds. The Labute approximate surface area is 111 Å². The van der Waals surface area contributed by atoms with Crippen molar-refractivity contribution in [1.82, 2.24) is 9.88 Å². The zero-order valence-corrected chi connectivity index (χ0v) is 11.7. The van der Waals surface area contributed by atoms with Crippen LogP contribution in [0.2, 0.25) is 0 Å². The van der Waals surface area contributed by atoms with E-state index in [1.807, 2.05) is 13.8 Å². The molecule has 0 N–H and O–H groups in total. The third-order valence-electron chi connectivity index (χ3n) is 2.34. The van der Waals surface area contributed by atoms with Crippen molar-refractivity contribution in [3.8, 4) is 0 Å². The summed E-state index contributed by atoms with van der Waals surface area (Å²) < 4.78 is 4.59. The van der Waals surface area contributed by atoms with Crippen LogP contribution in [0.25, 0.3) is 0 Å². The minimum Gasteiger partial charge on any atom is -0.469 e. The van der Waals surface area contributed by atoms with Crippen molar-refractivity contribution in [2.45, 2.75) is 20.3 Å². The van der Waals surface area contributed by atoms with Crippen LogP contribution in [0.1, 0.15) is 30.8 Å². The van der Waals surface area contributed by atoms with E-state index in [1.54, 1.807) is 15.8 Å². The molecule has 0 unspecified atom stereocenters. The van der Waals surface area contributed by atoms with Gasteiger partial charge < -0.3 is 9.64 Å². The number of amides is 1. The lowest BCUT2D eigenvalue weighted by molar-refractivity contribution is -0.140. The zero-order chi connectivity index (χ0) is 13.5. The molecule has 1 heterocycles. The molecule has 18 heavy (non-hydrogen) atoms. The highest BCUT2D eigenvalue weighted by Gasteiger charge is 2.19. The normalized spacial score (nSPS) is 10.4. The summed E-state index contributed by atoms with van der Waals surface area (Å²) in [5.74, 6) is -0.103. The Balaban J connectivity index is 2.65. The minimum atomic E-state index is -0.310. The topological polar surface area (TPSA) is 59.5 Å². The van der Waals surface area contributed by atoms with Crippen LogP contribution in [0.3, 0.4) is 0 Å². The van der Waals surface area contributed by atoms with Crippen molar-refractivity contribution >= 4 is 23.2 Å². The van der Waals surface area contributed by atoms with Crippen molar-refractivity contribution in [2.75, 3.05) is 20.2 Å². The Morgan fingerprint density at radius 1 is 1.50 bits per heavy atom. The number of methoxy groups -OCH3 is 1. The first-order chi connectivity index (χ1) is 8.54. The first kappa shape index (κ1) is 14.6. The summed E-state index contributed by atoms with van der Waals surface area (Å²) in [5.41, 5.74) is 2.06. The van der Waals surface area contributed by atoms with Crippen LogP contribution in [0.15, 0.2) is 10.9 Å². The van der Waals surface area contributed by atoms with Gasteiger partial charge in [-0.2, -0.15) is 0 Å². The van der Waals surface area contributed by atoms with Gasteiger partial charge in [0.2, 0.25) is 0 Å². The van der Waals surface area contributed by atoms with Gasteiger partial charge in [0, 0.05) is 18.5 Å². The van der Waals surface area contributed by atoms with E-state index >= 15 is 0 Å². The molecule has 0 bridgehead atoms. The van der Waals surface area contributed by atoms with Crippen LogP contribution in [0.5, 0.6) is 0 Å². The second-order valence-corrected chi connectivity index (χ2v) is 5.06. The third-order valence-corrected chi connectivity index (χ3v) is 2.92. The number of esters is 1. The number of nitrogens with zero attached hydrogens (tertiary/aromatic N) is 2. The molecule has 0 aliphatic rings. The maximum absolute atomic E-state index is 12.2. The lowest BCUT2D eigenvalue weighted by Crippen LogP contribution is -2.36. The van der Waals surface area contributed by atoms with Gasteiger partial charge in [0.15, 0.2) is 0 Å². The van der Waals surface area contributed by atoms with Gasteiger partial charge in [-0.3, -0.25) is 9.59 Å². The highest BCUT2D eigenvalue weighted by molar-refractivity contribution is 7.07. The Morgan fingerprint density at radius 2 is 2.22 bits per heavy atom. The number of ether oxygens (including phenoxy) is 1. The van der Waals surface area contributed by atoms with Crippen molar-refractivity contribution in [3.05, 3.63) is 16.6 Å². The predicted octanol–water partition coefficient (Wildman–Crippen LogP) is 1.80. The van der Waals surface area contributed by atoms with Crippen molar-refractivity contribution in [2.24, 2.45) is 5.92 Å². The second kappa shape index (κ2) is 7.10. The summed E-state index contributed by atoms with van der Waals surface area (Å²) in [7, 11) is 1.34. The Hall–Kier alpha value is -1.43. The van der Waals surface area contributed by atoms with Gasteiger partial charge in [-0.05, 0) is 5.92 Å². The summed E-state index contributed by atoms with van der Waals surface area (Å²) in [6.45, 7) is 5.02. The molecular formula is C12H18N2O3S. The zero-order valence-electron chi connectivity index (χ0n) is 10.9. The molecule has 0 atom stereocenters. The van der Waals surface area contributed by atoms with Crippen molar-refractivity contribution < 1.29 is 14.3 Å². The molecule has 0 aromatic carbocycles. The van der Waals surface area contributed by atoms with Crippen LogP contribution in [0, 0.1) is 5.92 Å². The molecule has 6 heteroatoms. The summed E-state index contributed by atoms with van der Waals surface area (Å²) in [6.07, 6.45) is 0.207. The summed E-state index contributed by atoms with van der Waals surface area (Å²) in [6, 6.07) is 0. The lowest BCUT2D eigenvalue weighted by atomic mass is 10.2. The van der Waals surface area contributed by atoms with Gasteiger partial charge in [0.25, 0.3) is 5.91 Å². The average molecular weight is 270 g/mol. The fourth-order valence-corrected chi connectivity index (χ4v) is 2.05. The lowest BCUT2D eigenvalue weighted by Gasteiger charge is -2.23. The van der Waals surface area contributed by atoms with E-state index in [0.717, 1.165) is 0 Å². The third kappa shape index (κ3) is 4.44. The van der Waals surface area contributed by atoms with Crippen LogP contribution in [0.4, 0.5) is 0 Å². The fourth-order valence-electron chi connectivity index (χ4n) is 1.52. The van der Waals surface area contributed by atoms with Gasteiger partial charge in [-0.15, -0.1) is 11.3 Å². The van der Waals surface area contributed by atoms with E-state index in [1.165, 1.54) is 18.4 Å². The summed E-state index contributed by atoms with van der Waals surface area (Å²) in [5, 5.41) is 1.72. The minimum absolute atomic E-state index is 0.131. The molecule has 0 radical (unpaired) electrons. The molecule has 0 saturated carbocycles. The van der Waals surface area contributed by atoms with Crippen LogP contribution in [-0.4, -0.2) is 42.0 Å². The Kier molecular flexibility index (Phi) is 5.77. The SMILES string of the molecule is COC(=O)CCN(CC(C)C)C(=O)c1cscn1. The molecule has 0 saturated heterocycles. The summed E-state index contributed by atoms with van der Waals surface area (Å²) in [4.78, 5) is 28.9. The van der Waals surface area contributed by atoms with E-state index in [4.69, 9.17) is 0 Å². The van der Waals surface area contributed by atoms with Crippen molar-refractivity contribution in [1.29, 1.82) is 0 Å². The Morgan fingerprint density at radius 3 is 2.72 bits per heavy atom. The van der Waals surface area contributed by atoms with E-state index in [9.17, 15) is 9.59 Å². The maximum Gasteiger partial charge on any atom is 0.307 e. The number of carbonyl (C=O) groups excluding carboxylic acids is 2. The molecule has 0 aliphatic carbocycles. The number of aromatic nitrogens is 1. The second-order valence-electron chi connectivity index (χ2n) is 4.34. The van der Waals surface area contributed by atoms with Crippen molar-refractivity contribution in [3.63, 3.8) is 0 Å². The number of rotatable bonds is 6. The van der Waals surface area contributed by atoms with Crippen LogP contribution in [-0.2, 0) is 9.53 Å². The van der Waals surface area contributed by atoms with Crippen LogP contribution >= 0.6 is 11.3 Å². The van der Waals surface area contributed by atoms with Gasteiger partial charge in [0.05, 0.1) is 19.0 Å². The highest BCUT2D eigenvalue weighted by atomic mass is 32.1. The van der Waals surface area contributed by atoms with E-state index in [2.05, 4.69) is 9.72 Å². The van der Waals surface area contributed by atoms with Gasteiger partial charge in [-0.25, -0.2) is 4.98 Å². The molecular weight excluding hydrogens is 252 g/mol.